The summed E-state index contributed by atoms with van der Waals surface area (Å²) in [5.74, 6) is -0.470. The molecule has 0 fully saturated rings. The third kappa shape index (κ3) is 3.49. The van der Waals surface area contributed by atoms with Gasteiger partial charge < -0.3 is 5.41 Å². The highest BCUT2D eigenvalue weighted by atomic mass is 35.5. The number of halogens is 2. The Labute approximate surface area is 105 Å². The van der Waals surface area contributed by atoms with Crippen molar-refractivity contribution in [2.24, 2.45) is 0 Å². The molecule has 1 aromatic heterocycles. The molecule has 0 aliphatic carbocycles. The maximum Gasteiger partial charge on any atom is 0.143 e. The first kappa shape index (κ1) is 13.6. The van der Waals surface area contributed by atoms with Crippen LogP contribution in [0.15, 0.2) is 29.5 Å². The second kappa shape index (κ2) is 5.73. The van der Waals surface area contributed by atoms with Gasteiger partial charge in [-0.15, -0.1) is 0 Å². The van der Waals surface area contributed by atoms with E-state index >= 15 is 0 Å². The Kier molecular flexibility index (Phi) is 4.58. The zero-order valence-electron chi connectivity index (χ0n) is 10.0. The van der Waals surface area contributed by atoms with Crippen LogP contribution < -0.4 is 0 Å². The van der Waals surface area contributed by atoms with Crippen molar-refractivity contribution in [3.05, 3.63) is 46.0 Å². The molecule has 1 aromatic rings. The van der Waals surface area contributed by atoms with E-state index in [0.717, 1.165) is 22.9 Å². The van der Waals surface area contributed by atoms with Crippen molar-refractivity contribution in [3.63, 3.8) is 0 Å². The van der Waals surface area contributed by atoms with Gasteiger partial charge in [0.15, 0.2) is 0 Å². The molecule has 2 nitrogen and oxygen atoms in total. The van der Waals surface area contributed by atoms with Crippen LogP contribution in [0.4, 0.5) is 4.39 Å². The first-order valence-corrected chi connectivity index (χ1v) is 5.51. The predicted octanol–water partition coefficient (Wildman–Crippen LogP) is 4.26. The van der Waals surface area contributed by atoms with Crippen molar-refractivity contribution in [3.8, 4) is 0 Å². The van der Waals surface area contributed by atoms with E-state index in [-0.39, 0.29) is 5.02 Å². The fourth-order valence-corrected chi connectivity index (χ4v) is 1.60. The molecule has 0 spiro atoms. The van der Waals surface area contributed by atoms with Gasteiger partial charge in [-0.3, -0.25) is 4.98 Å². The number of hydrogen-bond donors (Lipinski definition) is 1. The lowest BCUT2D eigenvalue weighted by Gasteiger charge is -2.07. The van der Waals surface area contributed by atoms with Crippen molar-refractivity contribution in [1.82, 2.24) is 4.98 Å². The van der Waals surface area contributed by atoms with Crippen molar-refractivity contribution >= 4 is 23.4 Å². The lowest BCUT2D eigenvalue weighted by atomic mass is 10.0. The van der Waals surface area contributed by atoms with E-state index in [1.54, 1.807) is 6.92 Å². The fraction of sp³-hybridized carbons (Fsp3) is 0.231. The molecule has 0 amide bonds. The summed E-state index contributed by atoms with van der Waals surface area (Å²) in [6.45, 7) is 5.67. The SMILES string of the molecule is CC(C)=C/C(=C(\C)C=N)c1ncc(F)cc1Cl. The van der Waals surface area contributed by atoms with Gasteiger partial charge in [-0.1, -0.05) is 23.3 Å². The number of rotatable bonds is 3. The molecule has 1 heterocycles. The predicted molar refractivity (Wildman–Crippen MR) is 70.0 cm³/mol. The molecule has 0 aromatic carbocycles. The molecule has 0 aliphatic rings. The van der Waals surface area contributed by atoms with Crippen LogP contribution in [-0.2, 0) is 0 Å². The number of nitrogens with zero attached hydrogens (tertiary/aromatic N) is 1. The molecule has 0 saturated carbocycles. The molecule has 1 rings (SSSR count). The molecule has 4 heteroatoms. The van der Waals surface area contributed by atoms with E-state index in [2.05, 4.69) is 4.98 Å². The zero-order valence-corrected chi connectivity index (χ0v) is 10.8. The van der Waals surface area contributed by atoms with Crippen LogP contribution >= 0.6 is 11.6 Å². The largest absolute Gasteiger partial charge is 0.308 e. The Morgan fingerprint density at radius 1 is 1.41 bits per heavy atom. The Morgan fingerprint density at radius 3 is 2.53 bits per heavy atom. The van der Waals surface area contributed by atoms with E-state index in [0.29, 0.717) is 5.69 Å². The van der Waals surface area contributed by atoms with Gasteiger partial charge >= 0.3 is 0 Å². The van der Waals surface area contributed by atoms with E-state index in [9.17, 15) is 4.39 Å². The summed E-state index contributed by atoms with van der Waals surface area (Å²) in [7, 11) is 0. The molecule has 0 aliphatic heterocycles. The van der Waals surface area contributed by atoms with Crippen molar-refractivity contribution in [2.75, 3.05) is 0 Å². The highest BCUT2D eigenvalue weighted by Gasteiger charge is 2.09. The van der Waals surface area contributed by atoms with Gasteiger partial charge in [-0.05, 0) is 32.4 Å². The molecule has 0 saturated heterocycles. The monoisotopic (exact) mass is 252 g/mol. The van der Waals surface area contributed by atoms with Crippen LogP contribution in [0.3, 0.4) is 0 Å². The number of hydrogen-bond acceptors (Lipinski definition) is 2. The standard InChI is InChI=1S/C13H14ClFN2/c1-8(2)4-11(9(3)6-16)13-12(14)5-10(15)7-17-13/h4-7,16H,1-3H3/b11-9-,16-6?. The molecular weight excluding hydrogens is 239 g/mol. The van der Waals surface area contributed by atoms with Gasteiger partial charge in [-0.2, -0.15) is 0 Å². The second-order valence-electron chi connectivity index (χ2n) is 3.95. The number of aromatic nitrogens is 1. The van der Waals surface area contributed by atoms with E-state index < -0.39 is 5.82 Å². The smallest absolute Gasteiger partial charge is 0.143 e. The normalized spacial score (nSPS) is 11.8. The number of allylic oxidation sites excluding steroid dienone is 4. The fourth-order valence-electron chi connectivity index (χ4n) is 1.35. The lowest BCUT2D eigenvalue weighted by molar-refractivity contribution is 0.621. The Morgan fingerprint density at radius 2 is 2.06 bits per heavy atom. The summed E-state index contributed by atoms with van der Waals surface area (Å²) < 4.78 is 12.9. The first-order chi connectivity index (χ1) is 7.95. The highest BCUT2D eigenvalue weighted by Crippen LogP contribution is 2.26. The van der Waals surface area contributed by atoms with Gasteiger partial charge in [0, 0.05) is 11.8 Å². The van der Waals surface area contributed by atoms with E-state index in [4.69, 9.17) is 17.0 Å². The molecular formula is C13H14ClFN2. The number of pyridine rings is 1. The summed E-state index contributed by atoms with van der Waals surface area (Å²) in [4.78, 5) is 3.99. The zero-order chi connectivity index (χ0) is 13.0. The van der Waals surface area contributed by atoms with Gasteiger partial charge in [0.25, 0.3) is 0 Å². The van der Waals surface area contributed by atoms with E-state index in [1.165, 1.54) is 12.3 Å². The first-order valence-electron chi connectivity index (χ1n) is 5.13. The van der Waals surface area contributed by atoms with Crippen molar-refractivity contribution in [1.29, 1.82) is 5.41 Å². The number of nitrogens with one attached hydrogen (secondary N) is 1. The minimum atomic E-state index is -0.470. The van der Waals surface area contributed by atoms with Gasteiger partial charge in [-0.25, -0.2) is 4.39 Å². The Hall–Kier alpha value is -1.48. The molecule has 0 bridgehead atoms. The van der Waals surface area contributed by atoms with Crippen LogP contribution in [0.2, 0.25) is 5.02 Å². The minimum absolute atomic E-state index is 0.249. The Balaban J connectivity index is 3.44. The van der Waals surface area contributed by atoms with Gasteiger partial charge in [0.05, 0.1) is 16.9 Å². The lowest BCUT2D eigenvalue weighted by Crippen LogP contribution is -1.94. The molecule has 1 N–H and O–H groups in total. The topological polar surface area (TPSA) is 36.7 Å². The third-order valence-corrected chi connectivity index (χ3v) is 2.43. The molecule has 0 radical (unpaired) electrons. The minimum Gasteiger partial charge on any atom is -0.308 e. The van der Waals surface area contributed by atoms with Gasteiger partial charge in [0.1, 0.15) is 5.82 Å². The summed E-state index contributed by atoms with van der Waals surface area (Å²) in [6.07, 6.45) is 4.24. The summed E-state index contributed by atoms with van der Waals surface area (Å²) in [5, 5.41) is 7.54. The highest BCUT2D eigenvalue weighted by molar-refractivity contribution is 6.32. The van der Waals surface area contributed by atoms with E-state index in [1.807, 2.05) is 19.9 Å². The third-order valence-electron chi connectivity index (χ3n) is 2.14. The van der Waals surface area contributed by atoms with Crippen LogP contribution in [-0.4, -0.2) is 11.2 Å². The van der Waals surface area contributed by atoms with Crippen LogP contribution in [0, 0.1) is 11.2 Å². The van der Waals surface area contributed by atoms with Gasteiger partial charge in [0.2, 0.25) is 0 Å². The van der Waals surface area contributed by atoms with Crippen LogP contribution in [0.5, 0.6) is 0 Å². The summed E-state index contributed by atoms with van der Waals surface area (Å²) in [6, 6.07) is 1.22. The maximum absolute atomic E-state index is 12.9. The quantitative estimate of drug-likeness (QED) is 0.633. The average Bonchev–Trinajstić information content (AvgIpc) is 2.25. The van der Waals surface area contributed by atoms with Crippen molar-refractivity contribution in [2.45, 2.75) is 20.8 Å². The molecule has 0 atom stereocenters. The summed E-state index contributed by atoms with van der Waals surface area (Å²) in [5.41, 5.74) is 3.02. The maximum atomic E-state index is 12.9. The average molecular weight is 253 g/mol. The summed E-state index contributed by atoms with van der Waals surface area (Å²) >= 11 is 5.97. The molecule has 0 unspecified atom stereocenters. The Bertz CT molecular complexity index is 500. The van der Waals surface area contributed by atoms with Crippen molar-refractivity contribution < 1.29 is 4.39 Å². The second-order valence-corrected chi connectivity index (χ2v) is 4.35. The molecule has 90 valence electrons. The van der Waals surface area contributed by atoms with Crippen LogP contribution in [0.25, 0.3) is 5.57 Å². The van der Waals surface area contributed by atoms with Crippen LogP contribution in [0.1, 0.15) is 26.5 Å². The molecule has 17 heavy (non-hydrogen) atoms.